The molecule has 0 atom stereocenters. The molecule has 1 fully saturated rings. The number of hydrogen-bond acceptors (Lipinski definition) is 2. The fourth-order valence-electron chi connectivity index (χ4n) is 2.78. The molecule has 0 amide bonds. The molecule has 2 heteroatoms. The first kappa shape index (κ1) is 10.3. The van der Waals surface area contributed by atoms with E-state index < -0.39 is 0 Å². The van der Waals surface area contributed by atoms with Crippen LogP contribution >= 0.6 is 0 Å². The second-order valence-corrected chi connectivity index (χ2v) is 4.75. The zero-order valence-corrected chi connectivity index (χ0v) is 9.71. The van der Waals surface area contributed by atoms with Gasteiger partial charge in [-0.25, -0.2) is 0 Å². The van der Waals surface area contributed by atoms with E-state index in [4.69, 9.17) is 0 Å². The topological polar surface area (TPSA) is 15.3 Å². The number of nitrogens with zero attached hydrogens (tertiary/aromatic N) is 1. The average Bonchev–Trinajstić information content (AvgIpc) is 2.80. The molecule has 2 nitrogen and oxygen atoms in total. The Morgan fingerprint density at radius 3 is 2.94 bits per heavy atom. The smallest absolute Gasteiger partial charge is 0.0237 e. The second kappa shape index (κ2) is 4.56. The van der Waals surface area contributed by atoms with Crippen LogP contribution in [0, 0.1) is 6.42 Å². The molecule has 3 rings (SSSR count). The summed E-state index contributed by atoms with van der Waals surface area (Å²) in [6, 6.07) is 6.77. The van der Waals surface area contributed by atoms with Gasteiger partial charge in [0.25, 0.3) is 0 Å². The predicted octanol–water partition coefficient (Wildman–Crippen LogP) is 1.59. The van der Waals surface area contributed by atoms with Crippen molar-refractivity contribution in [2.75, 3.05) is 26.2 Å². The Bertz CT molecular complexity index is 367. The summed E-state index contributed by atoms with van der Waals surface area (Å²) in [5.41, 5.74) is 4.63. The SMILES string of the molecule is [CH]1CCc2c1cccc2CN1CCNCC1. The van der Waals surface area contributed by atoms with Crippen molar-refractivity contribution in [2.45, 2.75) is 19.4 Å². The van der Waals surface area contributed by atoms with Crippen LogP contribution in [0.15, 0.2) is 18.2 Å². The third-order valence-electron chi connectivity index (χ3n) is 3.67. The van der Waals surface area contributed by atoms with Gasteiger partial charge in [0.1, 0.15) is 0 Å². The third kappa shape index (κ3) is 2.00. The van der Waals surface area contributed by atoms with Crippen molar-refractivity contribution in [3.05, 3.63) is 41.3 Å². The molecular formula is C14H19N2. The van der Waals surface area contributed by atoms with E-state index in [9.17, 15) is 0 Å². The van der Waals surface area contributed by atoms with Crippen molar-refractivity contribution in [3.8, 4) is 0 Å². The highest BCUT2D eigenvalue weighted by atomic mass is 15.2. The van der Waals surface area contributed by atoms with Crippen LogP contribution in [-0.4, -0.2) is 31.1 Å². The van der Waals surface area contributed by atoms with Crippen LogP contribution in [0.4, 0.5) is 0 Å². The Morgan fingerprint density at radius 2 is 2.06 bits per heavy atom. The lowest BCUT2D eigenvalue weighted by Gasteiger charge is -2.28. The molecule has 1 aliphatic carbocycles. The average molecular weight is 215 g/mol. The van der Waals surface area contributed by atoms with Crippen molar-refractivity contribution in [1.29, 1.82) is 0 Å². The van der Waals surface area contributed by atoms with Gasteiger partial charge in [0, 0.05) is 32.7 Å². The van der Waals surface area contributed by atoms with Crippen LogP contribution in [0.1, 0.15) is 23.1 Å². The molecular weight excluding hydrogens is 196 g/mol. The molecule has 16 heavy (non-hydrogen) atoms. The number of fused-ring (bicyclic) bond motifs is 1. The second-order valence-electron chi connectivity index (χ2n) is 4.75. The minimum absolute atomic E-state index is 1.14. The van der Waals surface area contributed by atoms with Crippen LogP contribution in [0.25, 0.3) is 0 Å². The Balaban J connectivity index is 1.76. The highest BCUT2D eigenvalue weighted by Crippen LogP contribution is 2.27. The number of piperazine rings is 1. The van der Waals surface area contributed by atoms with Gasteiger partial charge in [-0.1, -0.05) is 18.2 Å². The number of nitrogens with one attached hydrogen (secondary N) is 1. The Kier molecular flexibility index (Phi) is 2.94. The molecule has 1 heterocycles. The largest absolute Gasteiger partial charge is 0.314 e. The summed E-state index contributed by atoms with van der Waals surface area (Å²) in [6.07, 6.45) is 4.85. The zero-order valence-electron chi connectivity index (χ0n) is 9.71. The van der Waals surface area contributed by atoms with E-state index in [1.807, 2.05) is 0 Å². The first-order valence-electron chi connectivity index (χ1n) is 6.30. The maximum absolute atomic E-state index is 3.40. The van der Waals surface area contributed by atoms with Gasteiger partial charge < -0.3 is 5.32 Å². The van der Waals surface area contributed by atoms with Gasteiger partial charge in [0.15, 0.2) is 0 Å². The van der Waals surface area contributed by atoms with E-state index in [0.717, 1.165) is 19.6 Å². The lowest BCUT2D eigenvalue weighted by Crippen LogP contribution is -2.43. The Morgan fingerprint density at radius 1 is 1.19 bits per heavy atom. The quantitative estimate of drug-likeness (QED) is 0.806. The van der Waals surface area contributed by atoms with E-state index in [1.165, 1.54) is 31.5 Å². The van der Waals surface area contributed by atoms with Crippen LogP contribution in [0.3, 0.4) is 0 Å². The molecule has 1 saturated heterocycles. The van der Waals surface area contributed by atoms with Gasteiger partial charge in [0.05, 0.1) is 0 Å². The van der Waals surface area contributed by atoms with Crippen LogP contribution in [0.2, 0.25) is 0 Å². The molecule has 0 unspecified atom stereocenters. The highest BCUT2D eigenvalue weighted by molar-refractivity contribution is 5.43. The van der Waals surface area contributed by atoms with Gasteiger partial charge in [-0.15, -0.1) is 0 Å². The Hall–Kier alpha value is -0.860. The fourth-order valence-corrected chi connectivity index (χ4v) is 2.78. The molecule has 2 aliphatic rings. The van der Waals surface area contributed by atoms with Gasteiger partial charge in [-0.05, 0) is 36.0 Å². The molecule has 0 bridgehead atoms. The first-order valence-corrected chi connectivity index (χ1v) is 6.30. The monoisotopic (exact) mass is 215 g/mol. The van der Waals surface area contributed by atoms with Crippen molar-refractivity contribution in [2.24, 2.45) is 0 Å². The summed E-state index contributed by atoms with van der Waals surface area (Å²) in [4.78, 5) is 2.56. The van der Waals surface area contributed by atoms with Crippen molar-refractivity contribution >= 4 is 0 Å². The van der Waals surface area contributed by atoms with Gasteiger partial charge in [-0.2, -0.15) is 0 Å². The standard InChI is InChI=1S/C14H19N2/c1-3-12-4-2-6-14(12)13(5-1)11-16-9-7-15-8-10-16/h1,3-5,15H,2,6-11H2. The summed E-state index contributed by atoms with van der Waals surface area (Å²) in [6.45, 7) is 5.79. The maximum Gasteiger partial charge on any atom is 0.0237 e. The van der Waals surface area contributed by atoms with E-state index in [2.05, 4.69) is 34.8 Å². The molecule has 1 aromatic carbocycles. The molecule has 0 saturated carbocycles. The summed E-state index contributed by atoms with van der Waals surface area (Å²) in [5, 5.41) is 3.40. The van der Waals surface area contributed by atoms with Crippen LogP contribution < -0.4 is 5.32 Å². The zero-order chi connectivity index (χ0) is 10.8. The molecule has 1 aliphatic heterocycles. The molecule has 1 radical (unpaired) electrons. The van der Waals surface area contributed by atoms with Crippen molar-refractivity contribution in [1.82, 2.24) is 10.2 Å². The maximum atomic E-state index is 3.40. The van der Waals surface area contributed by atoms with Crippen LogP contribution in [0.5, 0.6) is 0 Å². The number of hydrogen-bond donors (Lipinski definition) is 1. The van der Waals surface area contributed by atoms with Crippen molar-refractivity contribution < 1.29 is 0 Å². The lowest BCUT2D eigenvalue weighted by atomic mass is 10.0. The van der Waals surface area contributed by atoms with Gasteiger partial charge >= 0.3 is 0 Å². The van der Waals surface area contributed by atoms with E-state index in [0.29, 0.717) is 0 Å². The van der Waals surface area contributed by atoms with E-state index in [-0.39, 0.29) is 0 Å². The predicted molar refractivity (Wildman–Crippen MR) is 66.3 cm³/mol. The first-order chi connectivity index (χ1) is 7.93. The molecule has 85 valence electrons. The van der Waals surface area contributed by atoms with Gasteiger partial charge in [-0.3, -0.25) is 4.90 Å². The lowest BCUT2D eigenvalue weighted by molar-refractivity contribution is 0.232. The summed E-state index contributed by atoms with van der Waals surface area (Å²) in [7, 11) is 0. The number of rotatable bonds is 2. The molecule has 0 spiro atoms. The van der Waals surface area contributed by atoms with E-state index >= 15 is 0 Å². The summed E-state index contributed by atoms with van der Waals surface area (Å²) < 4.78 is 0. The minimum atomic E-state index is 1.14. The minimum Gasteiger partial charge on any atom is -0.314 e. The summed E-state index contributed by atoms with van der Waals surface area (Å²) in [5.74, 6) is 0. The third-order valence-corrected chi connectivity index (χ3v) is 3.67. The number of benzene rings is 1. The highest BCUT2D eigenvalue weighted by Gasteiger charge is 2.17. The molecule has 1 aromatic rings. The fraction of sp³-hybridized carbons (Fsp3) is 0.500. The molecule has 1 N–H and O–H groups in total. The van der Waals surface area contributed by atoms with Crippen LogP contribution in [-0.2, 0) is 13.0 Å². The normalized spacial score (nSPS) is 21.0. The van der Waals surface area contributed by atoms with E-state index in [1.54, 1.807) is 11.1 Å². The van der Waals surface area contributed by atoms with Gasteiger partial charge in [0.2, 0.25) is 0 Å². The Labute approximate surface area is 97.6 Å². The molecule has 0 aromatic heterocycles. The summed E-state index contributed by atoms with van der Waals surface area (Å²) >= 11 is 0. The van der Waals surface area contributed by atoms with Crippen molar-refractivity contribution in [3.63, 3.8) is 0 Å².